The fourth-order valence-electron chi connectivity index (χ4n) is 4.08. The molecule has 5 rings (SSSR count). The zero-order valence-corrected chi connectivity index (χ0v) is 17.7. The van der Waals surface area contributed by atoms with Crippen molar-refractivity contribution >= 4 is 34.0 Å². The van der Waals surface area contributed by atoms with Crippen molar-refractivity contribution in [2.75, 3.05) is 41.3 Å². The van der Waals surface area contributed by atoms with Crippen LogP contribution in [0.15, 0.2) is 73.1 Å². The van der Waals surface area contributed by atoms with E-state index in [-0.39, 0.29) is 5.69 Å². The first kappa shape index (κ1) is 20.8. The molecule has 2 aromatic heterocycles. The summed E-state index contributed by atoms with van der Waals surface area (Å²) >= 11 is 0. The molecule has 166 valence electrons. The standard InChI is InChI=1S/C25H21F2N5O/c26-17-8-9-22(21(27)15-17)30-25(33)20-16-29-24(19-6-2-1-5-18(19)20)32-13-11-31(12-14-32)23-7-3-4-10-28-23/h1-10,15-16H,11-14H2,(H,30,33). The molecule has 1 fully saturated rings. The number of halogens is 2. The summed E-state index contributed by atoms with van der Waals surface area (Å²) in [6.07, 6.45) is 3.30. The molecule has 0 radical (unpaired) electrons. The zero-order valence-electron chi connectivity index (χ0n) is 17.7. The van der Waals surface area contributed by atoms with E-state index >= 15 is 0 Å². The summed E-state index contributed by atoms with van der Waals surface area (Å²) in [5.41, 5.74) is 0.241. The molecule has 8 heteroatoms. The van der Waals surface area contributed by atoms with E-state index in [1.54, 1.807) is 6.20 Å². The molecule has 1 amide bonds. The van der Waals surface area contributed by atoms with Crippen LogP contribution in [0.2, 0.25) is 0 Å². The van der Waals surface area contributed by atoms with Gasteiger partial charge in [0.05, 0.1) is 11.3 Å². The largest absolute Gasteiger partial charge is 0.353 e. The normalized spacial score (nSPS) is 13.9. The van der Waals surface area contributed by atoms with Crippen molar-refractivity contribution in [3.8, 4) is 0 Å². The minimum atomic E-state index is -0.831. The van der Waals surface area contributed by atoms with Crippen molar-refractivity contribution in [2.24, 2.45) is 0 Å². The molecule has 6 nitrogen and oxygen atoms in total. The number of carbonyl (C=O) groups excluding carboxylic acids is 1. The van der Waals surface area contributed by atoms with Crippen molar-refractivity contribution in [1.82, 2.24) is 9.97 Å². The number of hydrogen-bond donors (Lipinski definition) is 1. The maximum absolute atomic E-state index is 14.0. The quantitative estimate of drug-likeness (QED) is 0.502. The maximum atomic E-state index is 14.0. The Hall–Kier alpha value is -4.07. The molecule has 2 aromatic carbocycles. The van der Waals surface area contributed by atoms with Gasteiger partial charge in [0.1, 0.15) is 23.3 Å². The molecule has 1 aliphatic rings. The molecule has 0 saturated carbocycles. The fraction of sp³-hybridized carbons (Fsp3) is 0.160. The van der Waals surface area contributed by atoms with Gasteiger partial charge in [-0.25, -0.2) is 18.7 Å². The number of carbonyl (C=O) groups is 1. The molecule has 0 spiro atoms. The van der Waals surface area contributed by atoms with Gasteiger partial charge in [0, 0.05) is 50.0 Å². The second-order valence-corrected chi connectivity index (χ2v) is 7.78. The van der Waals surface area contributed by atoms with E-state index in [1.807, 2.05) is 42.5 Å². The number of hydrogen-bond acceptors (Lipinski definition) is 5. The first-order valence-corrected chi connectivity index (χ1v) is 10.7. The van der Waals surface area contributed by atoms with E-state index in [2.05, 4.69) is 25.1 Å². The molecular weight excluding hydrogens is 424 g/mol. The van der Waals surface area contributed by atoms with Gasteiger partial charge in [0.2, 0.25) is 0 Å². The van der Waals surface area contributed by atoms with E-state index < -0.39 is 17.5 Å². The summed E-state index contributed by atoms with van der Waals surface area (Å²) in [6, 6.07) is 16.4. The van der Waals surface area contributed by atoms with E-state index in [0.29, 0.717) is 5.56 Å². The van der Waals surface area contributed by atoms with Gasteiger partial charge in [-0.2, -0.15) is 0 Å². The number of rotatable bonds is 4. The minimum absolute atomic E-state index is 0.0831. The molecule has 0 aliphatic carbocycles. The summed E-state index contributed by atoms with van der Waals surface area (Å²) in [5.74, 6) is -0.283. The third kappa shape index (κ3) is 4.19. The Bertz CT molecular complexity index is 1310. The minimum Gasteiger partial charge on any atom is -0.353 e. The van der Waals surface area contributed by atoms with E-state index in [0.717, 1.165) is 60.7 Å². The van der Waals surface area contributed by atoms with Crippen LogP contribution < -0.4 is 15.1 Å². The lowest BCUT2D eigenvalue weighted by Crippen LogP contribution is -2.47. The zero-order chi connectivity index (χ0) is 22.8. The van der Waals surface area contributed by atoms with Crippen LogP contribution in [0.1, 0.15) is 10.4 Å². The van der Waals surface area contributed by atoms with Gasteiger partial charge >= 0.3 is 0 Å². The molecule has 0 bridgehead atoms. The Morgan fingerprint density at radius 1 is 0.848 bits per heavy atom. The number of amides is 1. The smallest absolute Gasteiger partial charge is 0.257 e. The monoisotopic (exact) mass is 445 g/mol. The fourth-order valence-corrected chi connectivity index (χ4v) is 4.08. The van der Waals surface area contributed by atoms with Crippen LogP contribution in [-0.4, -0.2) is 42.1 Å². The summed E-state index contributed by atoms with van der Waals surface area (Å²) in [4.78, 5) is 26.4. The number of benzene rings is 2. The number of nitrogens with one attached hydrogen (secondary N) is 1. The van der Waals surface area contributed by atoms with Crippen molar-refractivity contribution in [2.45, 2.75) is 0 Å². The van der Waals surface area contributed by atoms with Crippen LogP contribution in [0.25, 0.3) is 10.8 Å². The number of nitrogens with zero attached hydrogens (tertiary/aromatic N) is 4. The highest BCUT2D eigenvalue weighted by Gasteiger charge is 2.22. The molecule has 33 heavy (non-hydrogen) atoms. The van der Waals surface area contributed by atoms with Gasteiger partial charge in [0.15, 0.2) is 0 Å². The van der Waals surface area contributed by atoms with E-state index in [4.69, 9.17) is 0 Å². The lowest BCUT2D eigenvalue weighted by molar-refractivity contribution is 0.102. The highest BCUT2D eigenvalue weighted by molar-refractivity contribution is 6.14. The summed E-state index contributed by atoms with van der Waals surface area (Å²) in [7, 11) is 0. The van der Waals surface area contributed by atoms with Crippen LogP contribution in [0.4, 0.5) is 26.1 Å². The highest BCUT2D eigenvalue weighted by Crippen LogP contribution is 2.29. The van der Waals surface area contributed by atoms with Crippen LogP contribution in [0, 0.1) is 11.6 Å². The lowest BCUT2D eigenvalue weighted by atomic mass is 10.1. The second kappa shape index (κ2) is 8.82. The number of anilines is 3. The Morgan fingerprint density at radius 3 is 2.30 bits per heavy atom. The molecule has 1 saturated heterocycles. The first-order valence-electron chi connectivity index (χ1n) is 10.7. The predicted molar refractivity (Wildman–Crippen MR) is 125 cm³/mol. The third-order valence-corrected chi connectivity index (χ3v) is 5.75. The molecular formula is C25H21F2N5O. The Balaban J connectivity index is 1.40. The van der Waals surface area contributed by atoms with Crippen molar-refractivity contribution in [1.29, 1.82) is 0 Å². The molecule has 0 unspecified atom stereocenters. The van der Waals surface area contributed by atoms with E-state index in [9.17, 15) is 13.6 Å². The number of pyridine rings is 2. The number of fused-ring (bicyclic) bond motifs is 1. The van der Waals surface area contributed by atoms with E-state index in [1.165, 1.54) is 12.3 Å². The summed E-state index contributed by atoms with van der Waals surface area (Å²) < 4.78 is 27.2. The van der Waals surface area contributed by atoms with Gasteiger partial charge in [-0.1, -0.05) is 30.3 Å². The number of aromatic nitrogens is 2. The summed E-state index contributed by atoms with van der Waals surface area (Å²) in [5, 5.41) is 4.08. The molecule has 3 heterocycles. The predicted octanol–water partition coefficient (Wildman–Crippen LogP) is 4.49. The lowest BCUT2D eigenvalue weighted by Gasteiger charge is -2.36. The molecule has 4 aromatic rings. The van der Waals surface area contributed by atoms with Gasteiger partial charge in [-0.3, -0.25) is 4.79 Å². The van der Waals surface area contributed by atoms with Crippen molar-refractivity contribution in [3.63, 3.8) is 0 Å². The van der Waals surface area contributed by atoms with Crippen LogP contribution in [0.5, 0.6) is 0 Å². The van der Waals surface area contributed by atoms with Gasteiger partial charge in [-0.05, 0) is 29.7 Å². The highest BCUT2D eigenvalue weighted by atomic mass is 19.1. The van der Waals surface area contributed by atoms with Gasteiger partial charge in [-0.15, -0.1) is 0 Å². The average molecular weight is 445 g/mol. The molecule has 1 N–H and O–H groups in total. The van der Waals surface area contributed by atoms with Crippen LogP contribution in [0.3, 0.4) is 0 Å². The van der Waals surface area contributed by atoms with Crippen LogP contribution in [-0.2, 0) is 0 Å². The maximum Gasteiger partial charge on any atom is 0.257 e. The Morgan fingerprint density at radius 2 is 1.58 bits per heavy atom. The van der Waals surface area contributed by atoms with Crippen molar-refractivity contribution in [3.05, 3.63) is 90.3 Å². The Labute approximate surface area is 189 Å². The third-order valence-electron chi connectivity index (χ3n) is 5.75. The van der Waals surface area contributed by atoms with Crippen LogP contribution >= 0.6 is 0 Å². The Kier molecular flexibility index (Phi) is 5.56. The average Bonchev–Trinajstić information content (AvgIpc) is 2.86. The molecule has 0 atom stereocenters. The first-order chi connectivity index (χ1) is 16.1. The topological polar surface area (TPSA) is 61.4 Å². The second-order valence-electron chi connectivity index (χ2n) is 7.78. The molecule has 1 aliphatic heterocycles. The van der Waals surface area contributed by atoms with Crippen molar-refractivity contribution < 1.29 is 13.6 Å². The SMILES string of the molecule is O=C(Nc1ccc(F)cc1F)c1cnc(N2CCN(c3ccccn3)CC2)c2ccccc12. The number of piperazine rings is 1. The van der Waals surface area contributed by atoms with Gasteiger partial charge in [0.25, 0.3) is 5.91 Å². The summed E-state index contributed by atoms with van der Waals surface area (Å²) in [6.45, 7) is 3.14. The van der Waals surface area contributed by atoms with Gasteiger partial charge < -0.3 is 15.1 Å².